The lowest BCUT2D eigenvalue weighted by molar-refractivity contribution is -0.226. The molecular formula is C15H19F2NO5. The van der Waals surface area contributed by atoms with Crippen molar-refractivity contribution in [3.05, 3.63) is 29.8 Å². The van der Waals surface area contributed by atoms with Gasteiger partial charge in [-0.05, 0) is 44.9 Å². The molecule has 0 unspecified atom stereocenters. The van der Waals surface area contributed by atoms with E-state index < -0.39 is 29.7 Å². The Hall–Kier alpha value is -2.22. The number of halogens is 2. The second-order valence-electron chi connectivity index (χ2n) is 5.91. The molecule has 0 radical (unpaired) electrons. The first-order chi connectivity index (χ1) is 10.4. The predicted molar refractivity (Wildman–Crippen MR) is 77.2 cm³/mol. The van der Waals surface area contributed by atoms with Crippen molar-refractivity contribution in [1.29, 1.82) is 0 Å². The first kappa shape index (κ1) is 18.8. The number of hydrogen-bond acceptors (Lipinski definition) is 5. The van der Waals surface area contributed by atoms with Crippen LogP contribution in [0.5, 0.6) is 5.75 Å². The van der Waals surface area contributed by atoms with Crippen LogP contribution in [0.25, 0.3) is 0 Å². The molecule has 23 heavy (non-hydrogen) atoms. The summed E-state index contributed by atoms with van der Waals surface area (Å²) in [6, 6.07) is 4.08. The molecule has 0 aliphatic heterocycles. The smallest absolute Gasteiger partial charge is 0.480 e. The minimum Gasteiger partial charge on any atom is -0.480 e. The second-order valence-corrected chi connectivity index (χ2v) is 5.91. The lowest BCUT2D eigenvalue weighted by Crippen LogP contribution is -2.41. The molecule has 1 aromatic carbocycles. The molecular weight excluding hydrogens is 312 g/mol. The van der Waals surface area contributed by atoms with Crippen molar-refractivity contribution >= 4 is 11.9 Å². The molecule has 128 valence electrons. The van der Waals surface area contributed by atoms with E-state index in [1.807, 2.05) is 0 Å². The van der Waals surface area contributed by atoms with Crippen LogP contribution in [0.3, 0.4) is 0 Å². The molecule has 0 aromatic heterocycles. The zero-order chi connectivity index (χ0) is 17.8. The summed E-state index contributed by atoms with van der Waals surface area (Å²) in [5, 5.41) is 8.70. The molecule has 0 aliphatic carbocycles. The summed E-state index contributed by atoms with van der Waals surface area (Å²) < 4.78 is 36.3. The summed E-state index contributed by atoms with van der Waals surface area (Å²) in [6.45, 7) is 4.38. The molecule has 3 N–H and O–H groups in total. The second kappa shape index (κ2) is 6.91. The number of aliphatic carboxylic acids is 1. The maximum Gasteiger partial charge on any atom is 0.502 e. The van der Waals surface area contributed by atoms with Gasteiger partial charge in [0.1, 0.15) is 17.4 Å². The third-order valence-corrected chi connectivity index (χ3v) is 2.58. The molecule has 8 heteroatoms. The number of carbonyl (C=O) groups is 2. The number of rotatable bonds is 6. The monoisotopic (exact) mass is 331 g/mol. The topological polar surface area (TPSA) is 98.9 Å². The fraction of sp³-hybridized carbons (Fsp3) is 0.467. The molecule has 0 aliphatic rings. The Kier molecular flexibility index (Phi) is 5.65. The number of benzene rings is 1. The standard InChI is InChI=1S/C15H19F2NO5/c1-14(2,3)23-13(21)15(16,17)22-10-6-4-9(5-7-10)8-11(18)12(19)20/h4-7,11H,8,18H2,1-3H3,(H,19,20)/t11-/m0/s1. The summed E-state index contributed by atoms with van der Waals surface area (Å²) in [6.07, 6.45) is -4.09. The number of carboxylic acid groups (broad SMARTS) is 1. The Morgan fingerprint density at radius 1 is 1.22 bits per heavy atom. The van der Waals surface area contributed by atoms with Gasteiger partial charge in [-0.15, -0.1) is 0 Å². The van der Waals surface area contributed by atoms with Crippen molar-refractivity contribution < 1.29 is 33.0 Å². The average Bonchev–Trinajstić information content (AvgIpc) is 2.38. The number of carboxylic acids is 1. The van der Waals surface area contributed by atoms with E-state index in [0.717, 1.165) is 0 Å². The number of carbonyl (C=O) groups excluding carboxylic acids is 1. The van der Waals surface area contributed by atoms with Crippen LogP contribution in [0.1, 0.15) is 26.3 Å². The van der Waals surface area contributed by atoms with Crippen molar-refractivity contribution in [2.75, 3.05) is 0 Å². The minimum absolute atomic E-state index is 0.0398. The summed E-state index contributed by atoms with van der Waals surface area (Å²) >= 11 is 0. The van der Waals surface area contributed by atoms with Crippen molar-refractivity contribution in [2.45, 2.75) is 44.9 Å². The molecule has 6 nitrogen and oxygen atoms in total. The van der Waals surface area contributed by atoms with E-state index in [-0.39, 0.29) is 12.2 Å². The van der Waals surface area contributed by atoms with E-state index in [9.17, 15) is 18.4 Å². The normalized spacial score (nSPS) is 13.3. The predicted octanol–water partition coefficient (Wildman–Crippen LogP) is 1.95. The molecule has 0 bridgehead atoms. The van der Waals surface area contributed by atoms with Gasteiger partial charge in [0.05, 0.1) is 0 Å². The summed E-state index contributed by atoms with van der Waals surface area (Å²) in [7, 11) is 0. The molecule has 1 atom stereocenters. The molecule has 0 saturated carbocycles. The highest BCUT2D eigenvalue weighted by Crippen LogP contribution is 2.25. The Bertz CT molecular complexity index is 566. The number of alkyl halides is 2. The fourth-order valence-corrected chi connectivity index (χ4v) is 1.56. The van der Waals surface area contributed by atoms with Gasteiger partial charge < -0.3 is 20.3 Å². The largest absolute Gasteiger partial charge is 0.502 e. The van der Waals surface area contributed by atoms with E-state index in [2.05, 4.69) is 9.47 Å². The van der Waals surface area contributed by atoms with Crippen LogP contribution in [-0.2, 0) is 20.7 Å². The van der Waals surface area contributed by atoms with Crippen molar-refractivity contribution in [2.24, 2.45) is 5.73 Å². The van der Waals surface area contributed by atoms with Crippen LogP contribution in [0.2, 0.25) is 0 Å². The van der Waals surface area contributed by atoms with E-state index in [4.69, 9.17) is 10.8 Å². The first-order valence-corrected chi connectivity index (χ1v) is 6.78. The number of esters is 1. The van der Waals surface area contributed by atoms with Crippen LogP contribution >= 0.6 is 0 Å². The van der Waals surface area contributed by atoms with Crippen molar-refractivity contribution in [3.8, 4) is 5.75 Å². The van der Waals surface area contributed by atoms with Gasteiger partial charge in [0.25, 0.3) is 0 Å². The minimum atomic E-state index is -4.13. The maximum atomic E-state index is 13.7. The Morgan fingerprint density at radius 2 is 1.74 bits per heavy atom. The van der Waals surface area contributed by atoms with Gasteiger partial charge in [0.15, 0.2) is 0 Å². The lowest BCUT2D eigenvalue weighted by Gasteiger charge is -2.23. The number of nitrogens with two attached hydrogens (primary N) is 1. The molecule has 1 rings (SSSR count). The maximum absolute atomic E-state index is 13.7. The van der Waals surface area contributed by atoms with E-state index in [1.54, 1.807) is 0 Å². The van der Waals surface area contributed by atoms with Gasteiger partial charge in [-0.3, -0.25) is 4.79 Å². The van der Waals surface area contributed by atoms with Gasteiger partial charge in [0.2, 0.25) is 0 Å². The average molecular weight is 331 g/mol. The Labute approximate surface area is 132 Å². The third kappa shape index (κ3) is 6.19. The highest BCUT2D eigenvalue weighted by atomic mass is 19.3. The first-order valence-electron chi connectivity index (χ1n) is 6.78. The highest BCUT2D eigenvalue weighted by molar-refractivity contribution is 5.76. The van der Waals surface area contributed by atoms with Crippen LogP contribution in [0.4, 0.5) is 8.78 Å². The van der Waals surface area contributed by atoms with Gasteiger partial charge in [-0.1, -0.05) is 12.1 Å². The van der Waals surface area contributed by atoms with Crippen molar-refractivity contribution in [3.63, 3.8) is 0 Å². The lowest BCUT2D eigenvalue weighted by atomic mass is 10.1. The SMILES string of the molecule is CC(C)(C)OC(=O)C(F)(F)Oc1ccc(C[C@H](N)C(=O)O)cc1. The summed E-state index contributed by atoms with van der Waals surface area (Å²) in [5.74, 6) is -3.21. The summed E-state index contributed by atoms with van der Waals surface area (Å²) in [4.78, 5) is 22.0. The molecule has 0 heterocycles. The molecule has 0 fully saturated rings. The zero-order valence-electron chi connectivity index (χ0n) is 13.0. The van der Waals surface area contributed by atoms with Crippen LogP contribution in [0.15, 0.2) is 24.3 Å². The Balaban J connectivity index is 2.73. The number of ether oxygens (including phenoxy) is 2. The van der Waals surface area contributed by atoms with Crippen LogP contribution < -0.4 is 10.5 Å². The van der Waals surface area contributed by atoms with Crippen LogP contribution in [-0.4, -0.2) is 34.8 Å². The molecule has 0 spiro atoms. The van der Waals surface area contributed by atoms with E-state index in [1.165, 1.54) is 45.0 Å². The fourth-order valence-electron chi connectivity index (χ4n) is 1.56. The van der Waals surface area contributed by atoms with Gasteiger partial charge >= 0.3 is 18.0 Å². The Morgan fingerprint density at radius 3 is 2.17 bits per heavy atom. The molecule has 1 aromatic rings. The highest BCUT2D eigenvalue weighted by Gasteiger charge is 2.46. The van der Waals surface area contributed by atoms with Gasteiger partial charge in [-0.25, -0.2) is 4.79 Å². The number of hydrogen-bond donors (Lipinski definition) is 2. The van der Waals surface area contributed by atoms with Gasteiger partial charge in [0, 0.05) is 0 Å². The van der Waals surface area contributed by atoms with E-state index in [0.29, 0.717) is 5.56 Å². The zero-order valence-corrected chi connectivity index (χ0v) is 13.0. The van der Waals surface area contributed by atoms with Crippen LogP contribution in [0, 0.1) is 0 Å². The quantitative estimate of drug-likeness (QED) is 0.773. The van der Waals surface area contributed by atoms with Gasteiger partial charge in [-0.2, -0.15) is 8.78 Å². The van der Waals surface area contributed by atoms with E-state index >= 15 is 0 Å². The third-order valence-electron chi connectivity index (χ3n) is 2.58. The molecule has 0 amide bonds. The molecule has 0 saturated heterocycles. The van der Waals surface area contributed by atoms with Crippen molar-refractivity contribution in [1.82, 2.24) is 0 Å². The summed E-state index contributed by atoms with van der Waals surface area (Å²) in [5.41, 5.74) is 4.84.